The first kappa shape index (κ1) is 11.8. The van der Waals surface area contributed by atoms with Crippen molar-refractivity contribution >= 4 is 22.1 Å². The fourth-order valence-electron chi connectivity index (χ4n) is 2.40. The molecule has 0 aliphatic carbocycles. The van der Waals surface area contributed by atoms with E-state index in [-0.39, 0.29) is 0 Å². The summed E-state index contributed by atoms with van der Waals surface area (Å²) in [5.74, 6) is 1.73. The van der Waals surface area contributed by atoms with Crippen molar-refractivity contribution < 1.29 is 4.74 Å². The molecular formula is C11H13N7OS. The van der Waals surface area contributed by atoms with E-state index in [1.807, 2.05) is 4.52 Å². The Balaban J connectivity index is 1.74. The van der Waals surface area contributed by atoms with E-state index in [2.05, 4.69) is 25.5 Å². The zero-order valence-corrected chi connectivity index (χ0v) is 11.4. The van der Waals surface area contributed by atoms with Gasteiger partial charge < -0.3 is 10.5 Å². The Bertz CT molecular complexity index is 739. The number of hydrogen-bond donors (Lipinski definition) is 2. The third-order valence-corrected chi connectivity index (χ3v) is 4.36. The van der Waals surface area contributed by atoms with Gasteiger partial charge in [0.15, 0.2) is 10.8 Å². The summed E-state index contributed by atoms with van der Waals surface area (Å²) in [5, 5.41) is 20.6. The number of nitrogens with zero attached hydrogens (tertiary/aromatic N) is 5. The Kier molecular flexibility index (Phi) is 2.67. The lowest BCUT2D eigenvalue weighted by Gasteiger charge is -2.19. The van der Waals surface area contributed by atoms with Crippen molar-refractivity contribution in [2.45, 2.75) is 18.8 Å². The second-order valence-corrected chi connectivity index (χ2v) is 5.71. The molecule has 0 saturated carbocycles. The second kappa shape index (κ2) is 4.53. The normalized spacial score (nSPS) is 17.0. The van der Waals surface area contributed by atoms with Gasteiger partial charge in [0.2, 0.25) is 4.96 Å². The van der Waals surface area contributed by atoms with Gasteiger partial charge in [0.1, 0.15) is 5.82 Å². The Hall–Kier alpha value is -2.00. The van der Waals surface area contributed by atoms with E-state index in [0.717, 1.165) is 47.5 Å². The minimum atomic E-state index is 0.362. The van der Waals surface area contributed by atoms with Gasteiger partial charge in [-0.15, -0.1) is 10.2 Å². The molecule has 1 aliphatic rings. The molecular weight excluding hydrogens is 278 g/mol. The highest BCUT2D eigenvalue weighted by Crippen LogP contribution is 2.29. The highest BCUT2D eigenvalue weighted by Gasteiger charge is 2.23. The van der Waals surface area contributed by atoms with Crippen LogP contribution in [0.1, 0.15) is 24.6 Å². The number of anilines is 1. The predicted octanol–water partition coefficient (Wildman–Crippen LogP) is 1.05. The van der Waals surface area contributed by atoms with Gasteiger partial charge in [-0.25, -0.2) is 0 Å². The van der Waals surface area contributed by atoms with E-state index in [9.17, 15) is 0 Å². The molecule has 3 aromatic rings. The Labute approximate surface area is 118 Å². The zero-order valence-electron chi connectivity index (χ0n) is 10.6. The summed E-state index contributed by atoms with van der Waals surface area (Å²) in [6.45, 7) is 1.54. The number of rotatable bonds is 2. The van der Waals surface area contributed by atoms with Crippen LogP contribution >= 0.6 is 11.3 Å². The third kappa shape index (κ3) is 1.86. The van der Waals surface area contributed by atoms with Crippen molar-refractivity contribution in [3.05, 3.63) is 11.9 Å². The number of fused-ring (bicyclic) bond motifs is 1. The molecule has 1 fully saturated rings. The van der Waals surface area contributed by atoms with Crippen molar-refractivity contribution in [3.63, 3.8) is 0 Å². The van der Waals surface area contributed by atoms with Crippen LogP contribution in [0.15, 0.2) is 6.07 Å². The van der Waals surface area contributed by atoms with Crippen LogP contribution in [0.25, 0.3) is 15.7 Å². The van der Waals surface area contributed by atoms with Crippen LogP contribution in [-0.4, -0.2) is 43.2 Å². The minimum absolute atomic E-state index is 0.362. The number of nitrogen functional groups attached to an aromatic ring is 1. The number of hydrogen-bond acceptors (Lipinski definition) is 7. The first-order valence-electron chi connectivity index (χ1n) is 6.42. The smallest absolute Gasteiger partial charge is 0.235 e. The number of ether oxygens (including phenoxy) is 1. The average Bonchev–Trinajstić information content (AvgIpc) is 3.13. The summed E-state index contributed by atoms with van der Waals surface area (Å²) in [4.78, 5) is 0.787. The molecule has 3 aromatic heterocycles. The van der Waals surface area contributed by atoms with Crippen LogP contribution in [0, 0.1) is 0 Å². The van der Waals surface area contributed by atoms with Crippen molar-refractivity contribution in [3.8, 4) is 10.7 Å². The largest absolute Gasteiger partial charge is 0.382 e. The molecule has 20 heavy (non-hydrogen) atoms. The van der Waals surface area contributed by atoms with Crippen LogP contribution < -0.4 is 5.73 Å². The highest BCUT2D eigenvalue weighted by molar-refractivity contribution is 7.19. The Morgan fingerprint density at radius 1 is 1.35 bits per heavy atom. The fourth-order valence-corrected chi connectivity index (χ4v) is 3.21. The summed E-state index contributed by atoms with van der Waals surface area (Å²) in [6, 6.07) is 1.76. The summed E-state index contributed by atoms with van der Waals surface area (Å²) in [7, 11) is 0. The van der Waals surface area contributed by atoms with Gasteiger partial charge in [0.05, 0.1) is 5.69 Å². The average molecular weight is 291 g/mol. The maximum absolute atomic E-state index is 5.62. The van der Waals surface area contributed by atoms with E-state index >= 15 is 0 Å². The predicted molar refractivity (Wildman–Crippen MR) is 73.4 cm³/mol. The highest BCUT2D eigenvalue weighted by atomic mass is 32.1. The maximum atomic E-state index is 5.62. The molecule has 0 atom stereocenters. The van der Waals surface area contributed by atoms with E-state index in [1.165, 1.54) is 11.3 Å². The molecule has 8 nitrogen and oxygen atoms in total. The topological polar surface area (TPSA) is 107 Å². The first-order chi connectivity index (χ1) is 9.81. The number of nitrogens with one attached hydrogen (secondary N) is 1. The van der Waals surface area contributed by atoms with E-state index in [4.69, 9.17) is 10.5 Å². The van der Waals surface area contributed by atoms with Crippen molar-refractivity contribution in [2.75, 3.05) is 18.9 Å². The lowest BCUT2D eigenvalue weighted by Crippen LogP contribution is -2.16. The van der Waals surface area contributed by atoms with Crippen LogP contribution in [0.5, 0.6) is 0 Å². The lowest BCUT2D eigenvalue weighted by molar-refractivity contribution is 0.0832. The SMILES string of the molecule is Nc1cc(-c2nn3c(C4CCOCC4)nnc3s2)[nH]n1. The van der Waals surface area contributed by atoms with Crippen molar-refractivity contribution in [1.29, 1.82) is 0 Å². The standard InChI is InChI=1S/C11H13N7OS/c12-8-5-7(13-14-8)10-17-18-9(15-16-11(18)20-10)6-1-3-19-4-2-6/h5-6H,1-4H2,(H3,12,13,14). The molecule has 0 spiro atoms. The number of aromatic amines is 1. The Morgan fingerprint density at radius 3 is 2.95 bits per heavy atom. The van der Waals surface area contributed by atoms with Gasteiger partial charge in [-0.05, 0) is 12.8 Å². The summed E-state index contributed by atoms with van der Waals surface area (Å²) in [5.41, 5.74) is 6.42. The van der Waals surface area contributed by atoms with Gasteiger partial charge >= 0.3 is 0 Å². The molecule has 0 amide bonds. The van der Waals surface area contributed by atoms with Crippen molar-refractivity contribution in [2.24, 2.45) is 0 Å². The van der Waals surface area contributed by atoms with Crippen LogP contribution in [0.2, 0.25) is 0 Å². The lowest BCUT2D eigenvalue weighted by atomic mass is 10.00. The monoisotopic (exact) mass is 291 g/mol. The van der Waals surface area contributed by atoms with Gasteiger partial charge in [0, 0.05) is 25.2 Å². The number of nitrogens with two attached hydrogens (primary N) is 1. The molecule has 0 unspecified atom stereocenters. The maximum Gasteiger partial charge on any atom is 0.235 e. The molecule has 0 bridgehead atoms. The third-order valence-electron chi connectivity index (χ3n) is 3.43. The van der Waals surface area contributed by atoms with Gasteiger partial charge in [0.25, 0.3) is 0 Å². The van der Waals surface area contributed by atoms with Gasteiger partial charge in [-0.2, -0.15) is 14.7 Å². The molecule has 0 radical (unpaired) electrons. The van der Waals surface area contributed by atoms with Gasteiger partial charge in [-0.1, -0.05) is 11.3 Å². The summed E-state index contributed by atoms with van der Waals surface area (Å²) >= 11 is 1.47. The van der Waals surface area contributed by atoms with E-state index in [1.54, 1.807) is 6.07 Å². The molecule has 4 rings (SSSR count). The van der Waals surface area contributed by atoms with E-state index in [0.29, 0.717) is 11.7 Å². The molecule has 1 aliphatic heterocycles. The van der Waals surface area contributed by atoms with Gasteiger partial charge in [-0.3, -0.25) is 5.10 Å². The van der Waals surface area contributed by atoms with Crippen LogP contribution in [0.4, 0.5) is 5.82 Å². The molecule has 3 N–H and O–H groups in total. The van der Waals surface area contributed by atoms with Crippen molar-refractivity contribution in [1.82, 2.24) is 30.0 Å². The fraction of sp³-hybridized carbons (Fsp3) is 0.455. The molecule has 0 aromatic carbocycles. The Morgan fingerprint density at radius 2 is 2.20 bits per heavy atom. The number of H-pyrrole nitrogens is 1. The second-order valence-electron chi connectivity index (χ2n) is 4.75. The molecule has 4 heterocycles. The molecule has 104 valence electrons. The molecule has 1 saturated heterocycles. The quantitative estimate of drug-likeness (QED) is 0.731. The van der Waals surface area contributed by atoms with Crippen LogP contribution in [0.3, 0.4) is 0 Å². The summed E-state index contributed by atoms with van der Waals surface area (Å²) in [6.07, 6.45) is 1.93. The molecule has 9 heteroatoms. The minimum Gasteiger partial charge on any atom is -0.382 e. The number of aromatic nitrogens is 6. The first-order valence-corrected chi connectivity index (χ1v) is 7.24. The van der Waals surface area contributed by atoms with E-state index < -0.39 is 0 Å². The summed E-state index contributed by atoms with van der Waals surface area (Å²) < 4.78 is 7.21. The van der Waals surface area contributed by atoms with Crippen LogP contribution in [-0.2, 0) is 4.74 Å². The zero-order chi connectivity index (χ0) is 13.5.